The molecule has 6 aromatic rings. The molecule has 2 amide bonds. The second-order valence-corrected chi connectivity index (χ2v) is 12.5. The van der Waals surface area contributed by atoms with E-state index < -0.39 is 0 Å². The van der Waals surface area contributed by atoms with Crippen molar-refractivity contribution in [3.8, 4) is 11.4 Å². The predicted molar refractivity (Wildman–Crippen MR) is 199 cm³/mol. The molecular formula is C39H41N9O2. The van der Waals surface area contributed by atoms with Gasteiger partial charge in [-0.25, -0.2) is 19.4 Å². The first-order chi connectivity index (χ1) is 24.5. The average Bonchev–Trinajstić information content (AvgIpc) is 3.82. The Morgan fingerprint density at radius 2 is 1.72 bits per heavy atom. The van der Waals surface area contributed by atoms with Crippen LogP contribution in [0, 0.1) is 6.92 Å². The zero-order valence-corrected chi connectivity index (χ0v) is 28.4. The molecule has 0 unspecified atom stereocenters. The number of nitrogens with one attached hydrogen (secondary N) is 3. The van der Waals surface area contributed by atoms with E-state index in [9.17, 15) is 4.79 Å². The topological polar surface area (TPSA) is 122 Å². The van der Waals surface area contributed by atoms with E-state index in [0.717, 1.165) is 71.5 Å². The number of nitrogens with zero attached hydrogens (tertiary/aromatic N) is 6. The molecule has 3 aromatic carbocycles. The molecule has 1 saturated heterocycles. The monoisotopic (exact) mass is 667 g/mol. The summed E-state index contributed by atoms with van der Waals surface area (Å²) in [7, 11) is 0. The first-order valence-electron chi connectivity index (χ1n) is 17.2. The highest BCUT2D eigenvalue weighted by atomic mass is 16.5. The molecule has 11 heteroatoms. The van der Waals surface area contributed by atoms with Gasteiger partial charge >= 0.3 is 6.03 Å². The number of carbonyl (C=O) groups is 1. The molecule has 4 heterocycles. The zero-order chi connectivity index (χ0) is 34.3. The molecule has 0 saturated carbocycles. The van der Waals surface area contributed by atoms with Crippen molar-refractivity contribution in [1.29, 1.82) is 0 Å². The second kappa shape index (κ2) is 15.1. The third kappa shape index (κ3) is 7.67. The van der Waals surface area contributed by atoms with Crippen molar-refractivity contribution in [1.82, 2.24) is 24.7 Å². The zero-order valence-electron chi connectivity index (χ0n) is 28.4. The summed E-state index contributed by atoms with van der Waals surface area (Å²) >= 11 is 0. The number of anilines is 5. The number of aryl methyl sites for hydroxylation is 2. The van der Waals surface area contributed by atoms with E-state index in [0.29, 0.717) is 35.5 Å². The van der Waals surface area contributed by atoms with Crippen LogP contribution in [-0.4, -0.2) is 43.9 Å². The van der Waals surface area contributed by atoms with Gasteiger partial charge in [0, 0.05) is 36.1 Å². The number of hydrogen-bond donors (Lipinski definition) is 3. The Morgan fingerprint density at radius 1 is 0.900 bits per heavy atom. The second-order valence-electron chi connectivity index (χ2n) is 12.5. The molecule has 50 heavy (non-hydrogen) atoms. The number of carbonyl (C=O) groups excluding carboxylic acids is 1. The van der Waals surface area contributed by atoms with E-state index in [4.69, 9.17) is 14.8 Å². The number of benzene rings is 3. The molecule has 0 radical (unpaired) electrons. The molecule has 11 nitrogen and oxygen atoms in total. The number of fused-ring (bicyclic) bond motifs is 1. The van der Waals surface area contributed by atoms with Gasteiger partial charge in [-0.05, 0) is 74.6 Å². The number of amides is 2. The highest BCUT2D eigenvalue weighted by molar-refractivity contribution is 6.07. The maximum atomic E-state index is 13.4. The number of unbranched alkanes of at least 4 members (excludes halogenated alkanes) is 1. The number of urea groups is 1. The van der Waals surface area contributed by atoms with Gasteiger partial charge in [0.2, 0.25) is 0 Å². The Bertz CT molecular complexity index is 2090. The van der Waals surface area contributed by atoms with Gasteiger partial charge in [-0.15, -0.1) is 0 Å². The summed E-state index contributed by atoms with van der Waals surface area (Å²) in [5.41, 5.74) is 4.60. The van der Waals surface area contributed by atoms with Gasteiger partial charge in [-0.1, -0.05) is 55.3 Å². The minimum atomic E-state index is -0.355. The van der Waals surface area contributed by atoms with Gasteiger partial charge in [0.1, 0.15) is 29.8 Å². The molecule has 3 N–H and O–H groups in total. The number of rotatable bonds is 12. The lowest BCUT2D eigenvalue weighted by Gasteiger charge is -2.16. The van der Waals surface area contributed by atoms with Crippen LogP contribution in [0.3, 0.4) is 0 Å². The van der Waals surface area contributed by atoms with Crippen molar-refractivity contribution >= 4 is 45.8 Å². The third-order valence-corrected chi connectivity index (χ3v) is 8.73. The fourth-order valence-electron chi connectivity index (χ4n) is 6.10. The Morgan fingerprint density at radius 3 is 2.54 bits per heavy atom. The van der Waals surface area contributed by atoms with Crippen molar-refractivity contribution in [3.05, 3.63) is 114 Å². The SMILES string of the molecule is CCCCc1cc(NC(=O)Nc2ccc(OCc3ccnc(Nc4cncc(N5CCCC5)n4)c3)c3ccccc23)n(-c2ccc(C)cc2)n1. The molecule has 7 rings (SSSR count). The summed E-state index contributed by atoms with van der Waals surface area (Å²) in [5.74, 6) is 3.50. The maximum Gasteiger partial charge on any atom is 0.324 e. The number of pyridine rings is 1. The third-order valence-electron chi connectivity index (χ3n) is 8.73. The van der Waals surface area contributed by atoms with Crippen LogP contribution in [0.25, 0.3) is 16.5 Å². The van der Waals surface area contributed by atoms with Crippen LogP contribution in [0.4, 0.5) is 33.8 Å². The van der Waals surface area contributed by atoms with Crippen LogP contribution in [0.15, 0.2) is 97.5 Å². The van der Waals surface area contributed by atoms with Crippen molar-refractivity contribution in [2.75, 3.05) is 33.9 Å². The Hall–Kier alpha value is -5.97. The van der Waals surface area contributed by atoms with Crippen molar-refractivity contribution < 1.29 is 9.53 Å². The number of ether oxygens (including phenoxy) is 1. The summed E-state index contributed by atoms with van der Waals surface area (Å²) in [5, 5.41) is 15.9. The molecule has 1 aliphatic heterocycles. The van der Waals surface area contributed by atoms with Crippen molar-refractivity contribution in [3.63, 3.8) is 0 Å². The number of aromatic nitrogens is 5. The standard InChI is InChI=1S/C39H41N9O2/c1-3-4-9-29-23-37(48(46-29)30-14-12-27(2)13-15-30)45-39(49)42-33-16-17-34(32-11-6-5-10-31(32)33)50-26-28-18-19-41-35(22-28)43-36-24-40-25-38(44-36)47-20-7-8-21-47/h5-6,10-19,22-25H,3-4,7-9,20-21,26H2,1-2H3,(H,41,43,44)(H2,42,45,49). The Labute approximate surface area is 291 Å². The van der Waals surface area contributed by atoms with E-state index in [1.165, 1.54) is 12.8 Å². The fraction of sp³-hybridized carbons (Fsp3) is 0.256. The van der Waals surface area contributed by atoms with E-state index in [2.05, 4.69) is 37.7 Å². The lowest BCUT2D eigenvalue weighted by atomic mass is 10.1. The van der Waals surface area contributed by atoms with E-state index in [1.807, 2.05) is 85.8 Å². The van der Waals surface area contributed by atoms with Crippen molar-refractivity contribution in [2.45, 2.75) is 52.6 Å². The summed E-state index contributed by atoms with van der Waals surface area (Å²) in [4.78, 5) is 29.2. The summed E-state index contributed by atoms with van der Waals surface area (Å²) < 4.78 is 8.12. The summed E-state index contributed by atoms with van der Waals surface area (Å²) in [6.45, 7) is 6.54. The minimum absolute atomic E-state index is 0.331. The van der Waals surface area contributed by atoms with Crippen LogP contribution in [-0.2, 0) is 13.0 Å². The van der Waals surface area contributed by atoms with Gasteiger partial charge in [-0.3, -0.25) is 10.3 Å². The highest BCUT2D eigenvalue weighted by Gasteiger charge is 2.16. The molecule has 3 aromatic heterocycles. The molecule has 254 valence electrons. The summed E-state index contributed by atoms with van der Waals surface area (Å²) in [6.07, 6.45) is 10.5. The molecular weight excluding hydrogens is 626 g/mol. The lowest BCUT2D eigenvalue weighted by Crippen LogP contribution is -2.21. The molecule has 1 fully saturated rings. The molecule has 0 atom stereocenters. The van der Waals surface area contributed by atoms with Gasteiger partial charge in [0.15, 0.2) is 5.82 Å². The molecule has 1 aliphatic rings. The fourth-order valence-corrected chi connectivity index (χ4v) is 6.10. The minimum Gasteiger partial charge on any atom is -0.488 e. The summed E-state index contributed by atoms with van der Waals surface area (Å²) in [6, 6.07) is 25.2. The normalized spacial score (nSPS) is 12.6. The molecule has 0 aliphatic carbocycles. The quantitative estimate of drug-likeness (QED) is 0.119. The maximum absolute atomic E-state index is 13.4. The van der Waals surface area contributed by atoms with E-state index in [-0.39, 0.29) is 6.03 Å². The smallest absolute Gasteiger partial charge is 0.324 e. The van der Waals surface area contributed by atoms with Crippen LogP contribution >= 0.6 is 0 Å². The Balaban J connectivity index is 1.04. The highest BCUT2D eigenvalue weighted by Crippen LogP contribution is 2.33. The van der Waals surface area contributed by atoms with Crippen LogP contribution in [0.2, 0.25) is 0 Å². The lowest BCUT2D eigenvalue weighted by molar-refractivity contribution is 0.262. The number of hydrogen-bond acceptors (Lipinski definition) is 8. The van der Waals surface area contributed by atoms with Gasteiger partial charge in [0.05, 0.1) is 29.5 Å². The van der Waals surface area contributed by atoms with Gasteiger partial charge in [-0.2, -0.15) is 5.10 Å². The first kappa shape index (κ1) is 32.6. The van der Waals surface area contributed by atoms with E-state index >= 15 is 0 Å². The van der Waals surface area contributed by atoms with Gasteiger partial charge < -0.3 is 20.3 Å². The molecule has 0 bridgehead atoms. The van der Waals surface area contributed by atoms with Crippen LogP contribution in [0.1, 0.15) is 49.4 Å². The first-order valence-corrected chi connectivity index (χ1v) is 17.2. The predicted octanol–water partition coefficient (Wildman–Crippen LogP) is 8.43. The Kier molecular flexibility index (Phi) is 9.81. The van der Waals surface area contributed by atoms with Crippen LogP contribution in [0.5, 0.6) is 5.75 Å². The molecule has 0 spiro atoms. The van der Waals surface area contributed by atoms with Gasteiger partial charge in [0.25, 0.3) is 0 Å². The van der Waals surface area contributed by atoms with Crippen molar-refractivity contribution in [2.24, 2.45) is 0 Å². The van der Waals surface area contributed by atoms with Crippen LogP contribution < -0.4 is 25.6 Å². The largest absolute Gasteiger partial charge is 0.488 e. The average molecular weight is 668 g/mol. The van der Waals surface area contributed by atoms with E-state index in [1.54, 1.807) is 23.3 Å².